The highest BCUT2D eigenvalue weighted by Crippen LogP contribution is 2.40. The third-order valence-corrected chi connectivity index (χ3v) is 6.63. The average Bonchev–Trinajstić information content (AvgIpc) is 3.13. The minimum Gasteiger partial charge on any atom is -0.452 e. The number of benzene rings is 3. The van der Waals surface area contributed by atoms with Gasteiger partial charge >= 0.3 is 5.97 Å². The lowest BCUT2D eigenvalue weighted by Crippen LogP contribution is -2.31. The Morgan fingerprint density at radius 3 is 2.49 bits per heavy atom. The SMILES string of the molecule is C[C@@H]1C=CC[C@H]2C(=O)N(c3ccc(C(=O)OCC(=O)Nc4cccc5ccccc45)cc3)C(=O)[C@H]12. The third-order valence-electron chi connectivity index (χ3n) is 6.63. The summed E-state index contributed by atoms with van der Waals surface area (Å²) >= 11 is 0. The summed E-state index contributed by atoms with van der Waals surface area (Å²) in [6.07, 6.45) is 4.49. The van der Waals surface area contributed by atoms with Crippen molar-refractivity contribution >= 4 is 45.8 Å². The lowest BCUT2D eigenvalue weighted by molar-refractivity contribution is -0.123. The monoisotopic (exact) mass is 468 g/mol. The molecular formula is C28H24N2O5. The molecule has 2 aliphatic rings. The van der Waals surface area contributed by atoms with Crippen LogP contribution in [-0.2, 0) is 19.1 Å². The van der Waals surface area contributed by atoms with E-state index in [1.807, 2.05) is 55.5 Å². The molecule has 176 valence electrons. The summed E-state index contributed by atoms with van der Waals surface area (Å²) in [6, 6.07) is 19.3. The van der Waals surface area contributed by atoms with Crippen molar-refractivity contribution in [2.45, 2.75) is 13.3 Å². The van der Waals surface area contributed by atoms with E-state index >= 15 is 0 Å². The second-order valence-electron chi connectivity index (χ2n) is 8.87. The Bertz CT molecular complexity index is 1360. The number of anilines is 2. The maximum Gasteiger partial charge on any atom is 0.338 e. The van der Waals surface area contributed by atoms with Gasteiger partial charge in [0.1, 0.15) is 0 Å². The number of fused-ring (bicyclic) bond motifs is 2. The first-order chi connectivity index (χ1) is 16.9. The van der Waals surface area contributed by atoms with Crippen molar-refractivity contribution in [1.82, 2.24) is 0 Å². The number of hydrogen-bond donors (Lipinski definition) is 1. The Morgan fingerprint density at radius 1 is 0.971 bits per heavy atom. The molecule has 1 aliphatic carbocycles. The van der Waals surface area contributed by atoms with Gasteiger partial charge in [-0.3, -0.25) is 19.3 Å². The summed E-state index contributed by atoms with van der Waals surface area (Å²) in [4.78, 5) is 51.8. The lowest BCUT2D eigenvalue weighted by Gasteiger charge is -2.22. The molecule has 3 aromatic carbocycles. The fraction of sp³-hybridized carbons (Fsp3) is 0.214. The van der Waals surface area contributed by atoms with Crippen molar-refractivity contribution in [3.8, 4) is 0 Å². The molecule has 7 nitrogen and oxygen atoms in total. The Hall–Kier alpha value is -4.26. The molecule has 0 saturated carbocycles. The van der Waals surface area contributed by atoms with Gasteiger partial charge < -0.3 is 10.1 Å². The fourth-order valence-electron chi connectivity index (χ4n) is 4.88. The molecule has 1 heterocycles. The average molecular weight is 469 g/mol. The number of nitrogens with zero attached hydrogens (tertiary/aromatic N) is 1. The van der Waals surface area contributed by atoms with Gasteiger partial charge in [0.15, 0.2) is 6.61 Å². The number of allylic oxidation sites excluding steroid dienone is 2. The van der Waals surface area contributed by atoms with Crippen LogP contribution in [0, 0.1) is 17.8 Å². The van der Waals surface area contributed by atoms with E-state index < -0.39 is 18.5 Å². The molecule has 1 saturated heterocycles. The van der Waals surface area contributed by atoms with E-state index in [4.69, 9.17) is 4.74 Å². The van der Waals surface area contributed by atoms with Crippen molar-refractivity contribution in [2.75, 3.05) is 16.8 Å². The highest BCUT2D eigenvalue weighted by Gasteiger charge is 2.50. The van der Waals surface area contributed by atoms with Crippen LogP contribution in [0.2, 0.25) is 0 Å². The van der Waals surface area contributed by atoms with Gasteiger partial charge in [0.2, 0.25) is 11.8 Å². The van der Waals surface area contributed by atoms with Gasteiger partial charge in [-0.15, -0.1) is 0 Å². The van der Waals surface area contributed by atoms with Crippen LogP contribution >= 0.6 is 0 Å². The van der Waals surface area contributed by atoms with Crippen LogP contribution in [0.15, 0.2) is 78.9 Å². The summed E-state index contributed by atoms with van der Waals surface area (Å²) < 4.78 is 5.17. The van der Waals surface area contributed by atoms with E-state index in [-0.39, 0.29) is 35.1 Å². The summed E-state index contributed by atoms with van der Waals surface area (Å²) in [6.45, 7) is 1.50. The predicted molar refractivity (Wildman–Crippen MR) is 132 cm³/mol. The second-order valence-corrected chi connectivity index (χ2v) is 8.87. The number of nitrogens with one attached hydrogen (secondary N) is 1. The first-order valence-electron chi connectivity index (χ1n) is 11.5. The van der Waals surface area contributed by atoms with Crippen molar-refractivity contribution in [3.63, 3.8) is 0 Å². The zero-order valence-corrected chi connectivity index (χ0v) is 19.1. The molecule has 3 aromatic rings. The maximum atomic E-state index is 12.9. The highest BCUT2D eigenvalue weighted by atomic mass is 16.5. The van der Waals surface area contributed by atoms with E-state index in [2.05, 4.69) is 5.32 Å². The maximum absolute atomic E-state index is 12.9. The topological polar surface area (TPSA) is 92.8 Å². The molecular weight excluding hydrogens is 444 g/mol. The number of hydrogen-bond acceptors (Lipinski definition) is 5. The van der Waals surface area contributed by atoms with Gasteiger partial charge in [0.05, 0.1) is 23.1 Å². The molecule has 7 heteroatoms. The molecule has 0 radical (unpaired) electrons. The van der Waals surface area contributed by atoms with E-state index in [9.17, 15) is 19.2 Å². The van der Waals surface area contributed by atoms with Crippen LogP contribution in [0.25, 0.3) is 10.8 Å². The molecule has 1 fully saturated rings. The summed E-state index contributed by atoms with van der Waals surface area (Å²) in [7, 11) is 0. The summed E-state index contributed by atoms with van der Waals surface area (Å²) in [5, 5.41) is 4.65. The van der Waals surface area contributed by atoms with Crippen LogP contribution in [0.4, 0.5) is 11.4 Å². The quantitative estimate of drug-likeness (QED) is 0.342. The molecule has 0 bridgehead atoms. The Labute approximate surface area is 202 Å². The normalized spacial score (nSPS) is 21.2. The van der Waals surface area contributed by atoms with Gasteiger partial charge in [-0.2, -0.15) is 0 Å². The number of rotatable bonds is 5. The van der Waals surface area contributed by atoms with E-state index in [1.165, 1.54) is 17.0 Å². The first kappa shape index (κ1) is 22.5. The molecule has 1 N–H and O–H groups in total. The molecule has 0 aromatic heterocycles. The van der Waals surface area contributed by atoms with Crippen molar-refractivity contribution < 1.29 is 23.9 Å². The minimum atomic E-state index is -0.671. The highest BCUT2D eigenvalue weighted by molar-refractivity contribution is 6.22. The molecule has 0 spiro atoms. The Kier molecular flexibility index (Phi) is 5.91. The fourth-order valence-corrected chi connectivity index (χ4v) is 4.88. The number of imide groups is 1. The zero-order valence-electron chi connectivity index (χ0n) is 19.1. The van der Waals surface area contributed by atoms with Crippen molar-refractivity contribution in [2.24, 2.45) is 17.8 Å². The molecule has 3 amide bonds. The van der Waals surface area contributed by atoms with Gasteiger partial charge in [0.25, 0.3) is 5.91 Å². The number of ether oxygens (including phenoxy) is 1. The van der Waals surface area contributed by atoms with E-state index in [0.717, 1.165) is 10.8 Å². The summed E-state index contributed by atoms with van der Waals surface area (Å²) in [5.41, 5.74) is 1.28. The van der Waals surface area contributed by atoms with Crippen LogP contribution in [0.3, 0.4) is 0 Å². The number of esters is 1. The standard InChI is InChI=1S/C28H24N2O5/c1-17-6-4-10-22-25(17)27(33)30(26(22)32)20-14-12-19(13-15-20)28(34)35-16-24(31)29-23-11-5-8-18-7-2-3-9-21(18)23/h2-9,11-15,17,22,25H,10,16H2,1H3,(H,29,31)/t17-,22-,25-/m1/s1. The smallest absolute Gasteiger partial charge is 0.338 e. The predicted octanol–water partition coefficient (Wildman–Crippen LogP) is 4.34. The van der Waals surface area contributed by atoms with Gasteiger partial charge in [-0.05, 0) is 48.1 Å². The van der Waals surface area contributed by atoms with Gasteiger partial charge in [-0.25, -0.2) is 4.79 Å². The Balaban J connectivity index is 1.21. The van der Waals surface area contributed by atoms with Crippen molar-refractivity contribution in [1.29, 1.82) is 0 Å². The van der Waals surface area contributed by atoms with Crippen molar-refractivity contribution in [3.05, 3.63) is 84.4 Å². The summed E-state index contributed by atoms with van der Waals surface area (Å²) in [5.74, 6) is -2.23. The lowest BCUT2D eigenvalue weighted by atomic mass is 9.78. The number of amides is 3. The molecule has 3 atom stereocenters. The molecule has 35 heavy (non-hydrogen) atoms. The van der Waals surface area contributed by atoms with Gasteiger partial charge in [-0.1, -0.05) is 55.5 Å². The largest absolute Gasteiger partial charge is 0.452 e. The molecule has 5 rings (SSSR count). The molecule has 1 aliphatic heterocycles. The van der Waals surface area contributed by atoms with Gasteiger partial charge in [0, 0.05) is 11.1 Å². The molecule has 0 unspecified atom stereocenters. The van der Waals surface area contributed by atoms with E-state index in [0.29, 0.717) is 17.8 Å². The first-order valence-corrected chi connectivity index (χ1v) is 11.5. The second kappa shape index (κ2) is 9.18. The van der Waals surface area contributed by atoms with Crippen LogP contribution in [-0.4, -0.2) is 30.3 Å². The van der Waals surface area contributed by atoms with Crippen LogP contribution in [0.1, 0.15) is 23.7 Å². The third kappa shape index (κ3) is 4.21. The minimum absolute atomic E-state index is 0.00414. The van der Waals surface area contributed by atoms with Crippen LogP contribution in [0.5, 0.6) is 0 Å². The van der Waals surface area contributed by atoms with E-state index in [1.54, 1.807) is 18.2 Å². The number of carbonyl (C=O) groups excluding carboxylic acids is 4. The number of carbonyl (C=O) groups is 4. The zero-order chi connectivity index (χ0) is 24.5. The van der Waals surface area contributed by atoms with Crippen LogP contribution < -0.4 is 10.2 Å². The Morgan fingerprint density at radius 2 is 1.71 bits per heavy atom.